The molecule has 0 bridgehead atoms. The third-order valence-electron chi connectivity index (χ3n) is 5.58. The van der Waals surface area contributed by atoms with Gasteiger partial charge in [0.15, 0.2) is 0 Å². The van der Waals surface area contributed by atoms with Gasteiger partial charge >= 0.3 is 0 Å². The van der Waals surface area contributed by atoms with Crippen molar-refractivity contribution in [2.24, 2.45) is 0 Å². The van der Waals surface area contributed by atoms with Gasteiger partial charge in [-0.25, -0.2) is 4.98 Å². The number of amides is 2. The van der Waals surface area contributed by atoms with Gasteiger partial charge < -0.3 is 14.5 Å². The number of hydrogen-bond donors (Lipinski definition) is 0. The van der Waals surface area contributed by atoms with E-state index < -0.39 is 0 Å². The number of aryl methyl sites for hydroxylation is 3. The Morgan fingerprint density at radius 3 is 2.66 bits per heavy atom. The highest BCUT2D eigenvalue weighted by Gasteiger charge is 2.24. The van der Waals surface area contributed by atoms with Crippen LogP contribution in [0.3, 0.4) is 0 Å². The number of fused-ring (bicyclic) bond motifs is 1. The van der Waals surface area contributed by atoms with Gasteiger partial charge in [0.05, 0.1) is 17.2 Å². The topological polar surface area (TPSA) is 62.7 Å². The maximum atomic E-state index is 13.0. The van der Waals surface area contributed by atoms with Crippen LogP contribution in [0.5, 0.6) is 5.75 Å². The molecule has 4 rings (SSSR count). The van der Waals surface area contributed by atoms with E-state index in [1.165, 1.54) is 11.3 Å². The van der Waals surface area contributed by atoms with Gasteiger partial charge in [-0.2, -0.15) is 0 Å². The number of thiazole rings is 1. The monoisotopic (exact) mass is 413 g/mol. The summed E-state index contributed by atoms with van der Waals surface area (Å²) in [5.41, 5.74) is 2.90. The predicted molar refractivity (Wildman–Crippen MR) is 112 cm³/mol. The number of likely N-dealkylation sites (tertiary alicyclic amines) is 1. The van der Waals surface area contributed by atoms with Crippen molar-refractivity contribution in [3.63, 3.8) is 0 Å². The number of aromatic nitrogens is 1. The van der Waals surface area contributed by atoms with E-state index in [-0.39, 0.29) is 11.8 Å². The fourth-order valence-electron chi connectivity index (χ4n) is 4.03. The van der Waals surface area contributed by atoms with Crippen molar-refractivity contribution in [2.75, 3.05) is 26.2 Å². The quantitative estimate of drug-likeness (QED) is 0.771. The third kappa shape index (κ3) is 4.45. The van der Waals surface area contributed by atoms with Crippen LogP contribution in [0, 0.1) is 13.8 Å². The van der Waals surface area contributed by atoms with Crippen LogP contribution < -0.4 is 4.74 Å². The third-order valence-corrected chi connectivity index (χ3v) is 6.64. The van der Waals surface area contributed by atoms with E-state index in [1.54, 1.807) is 0 Å². The maximum Gasteiger partial charge on any atom is 0.266 e. The van der Waals surface area contributed by atoms with Gasteiger partial charge in [0.2, 0.25) is 5.91 Å². The Bertz CT molecular complexity index is 918. The molecule has 3 heterocycles. The van der Waals surface area contributed by atoms with Crippen molar-refractivity contribution in [3.8, 4) is 5.75 Å². The molecule has 0 aliphatic carbocycles. The lowest BCUT2D eigenvalue weighted by Crippen LogP contribution is -2.32. The van der Waals surface area contributed by atoms with E-state index in [4.69, 9.17) is 4.74 Å². The first-order valence-corrected chi connectivity index (χ1v) is 11.1. The van der Waals surface area contributed by atoms with Gasteiger partial charge in [-0.05, 0) is 44.7 Å². The normalized spacial score (nSPS) is 16.3. The standard InChI is InChI=1S/C22H27N3O3S/c1-15-21(29-16(2)23-15)22(27)25-11-12-28-19-7-5-17(13-18(19)14-25)6-8-20(26)24-9-3-4-10-24/h5,7,13H,3-4,6,8-12,14H2,1-2H3. The molecular weight excluding hydrogens is 386 g/mol. The number of carbonyl (C=O) groups excluding carboxylic acids is 2. The van der Waals surface area contributed by atoms with Crippen LogP contribution in [-0.4, -0.2) is 52.8 Å². The maximum absolute atomic E-state index is 13.0. The van der Waals surface area contributed by atoms with Crippen molar-refractivity contribution >= 4 is 23.2 Å². The molecule has 1 saturated heterocycles. The summed E-state index contributed by atoms with van der Waals surface area (Å²) >= 11 is 1.45. The Labute approximate surface area is 175 Å². The summed E-state index contributed by atoms with van der Waals surface area (Å²) in [6.45, 7) is 7.13. The molecule has 154 valence electrons. The summed E-state index contributed by atoms with van der Waals surface area (Å²) in [5.74, 6) is 1.08. The van der Waals surface area contributed by atoms with Crippen molar-refractivity contribution in [3.05, 3.63) is 44.9 Å². The Kier molecular flexibility index (Phi) is 5.85. The van der Waals surface area contributed by atoms with Gasteiger partial charge in [0, 0.05) is 31.6 Å². The highest BCUT2D eigenvalue weighted by atomic mass is 32.1. The lowest BCUT2D eigenvalue weighted by Gasteiger charge is -2.19. The molecule has 0 atom stereocenters. The average Bonchev–Trinajstić information content (AvgIpc) is 3.30. The molecule has 1 aromatic heterocycles. The molecule has 6 nitrogen and oxygen atoms in total. The zero-order valence-electron chi connectivity index (χ0n) is 17.1. The van der Waals surface area contributed by atoms with E-state index >= 15 is 0 Å². The lowest BCUT2D eigenvalue weighted by atomic mass is 10.0. The number of carbonyl (C=O) groups is 2. The van der Waals surface area contributed by atoms with Crippen molar-refractivity contribution < 1.29 is 14.3 Å². The molecule has 29 heavy (non-hydrogen) atoms. The van der Waals surface area contributed by atoms with E-state index in [2.05, 4.69) is 11.1 Å². The second kappa shape index (κ2) is 8.53. The first kappa shape index (κ1) is 19.9. The predicted octanol–water partition coefficient (Wildman–Crippen LogP) is 3.35. The largest absolute Gasteiger partial charge is 0.491 e. The van der Waals surface area contributed by atoms with Gasteiger partial charge in [-0.15, -0.1) is 11.3 Å². The zero-order chi connectivity index (χ0) is 20.4. The Balaban J connectivity index is 1.46. The molecule has 0 spiro atoms. The number of hydrogen-bond acceptors (Lipinski definition) is 5. The first-order valence-electron chi connectivity index (χ1n) is 10.3. The summed E-state index contributed by atoms with van der Waals surface area (Å²) in [7, 11) is 0. The van der Waals surface area contributed by atoms with Crippen molar-refractivity contribution in [1.29, 1.82) is 0 Å². The average molecular weight is 414 g/mol. The lowest BCUT2D eigenvalue weighted by molar-refractivity contribution is -0.130. The molecule has 2 amide bonds. The summed E-state index contributed by atoms with van der Waals surface area (Å²) in [5, 5.41) is 0.905. The number of rotatable bonds is 4. The van der Waals surface area contributed by atoms with E-state index in [0.29, 0.717) is 37.4 Å². The van der Waals surface area contributed by atoms with Crippen LogP contribution in [0.25, 0.3) is 0 Å². The number of nitrogens with zero attached hydrogens (tertiary/aromatic N) is 3. The molecule has 2 aromatic rings. The molecule has 7 heteroatoms. The minimum absolute atomic E-state index is 0.0131. The molecule has 1 fully saturated rings. The molecule has 0 radical (unpaired) electrons. The molecule has 0 saturated carbocycles. The fraction of sp³-hybridized carbons (Fsp3) is 0.500. The second-order valence-electron chi connectivity index (χ2n) is 7.75. The van der Waals surface area contributed by atoms with Crippen molar-refractivity contribution in [2.45, 2.75) is 46.1 Å². The van der Waals surface area contributed by atoms with Gasteiger partial charge in [0.1, 0.15) is 17.2 Å². The second-order valence-corrected chi connectivity index (χ2v) is 8.96. The van der Waals surface area contributed by atoms with Crippen molar-refractivity contribution in [1.82, 2.24) is 14.8 Å². The summed E-state index contributed by atoms with van der Waals surface area (Å²) < 4.78 is 5.88. The zero-order valence-corrected chi connectivity index (χ0v) is 17.9. The number of benzene rings is 1. The van der Waals surface area contributed by atoms with Crippen LogP contribution in [0.1, 0.15) is 50.8 Å². The van der Waals surface area contributed by atoms with Crippen LogP contribution in [-0.2, 0) is 17.8 Å². The molecular formula is C22H27N3O3S. The Morgan fingerprint density at radius 2 is 1.93 bits per heavy atom. The summed E-state index contributed by atoms with van der Waals surface area (Å²) in [6, 6.07) is 6.09. The van der Waals surface area contributed by atoms with Crippen LogP contribution in [0.4, 0.5) is 0 Å². The van der Waals surface area contributed by atoms with E-state index in [9.17, 15) is 9.59 Å². The van der Waals surface area contributed by atoms with Gasteiger partial charge in [-0.1, -0.05) is 12.1 Å². The number of ether oxygens (including phenoxy) is 1. The molecule has 2 aliphatic heterocycles. The van der Waals surface area contributed by atoms with Crippen LogP contribution >= 0.6 is 11.3 Å². The van der Waals surface area contributed by atoms with Crippen LogP contribution in [0.2, 0.25) is 0 Å². The SMILES string of the molecule is Cc1nc(C)c(C(=O)N2CCOc3ccc(CCC(=O)N4CCCC4)cc3C2)s1. The van der Waals surface area contributed by atoms with Crippen LogP contribution in [0.15, 0.2) is 18.2 Å². The molecule has 2 aliphatic rings. The van der Waals surface area contributed by atoms with Gasteiger partial charge in [0.25, 0.3) is 5.91 Å². The smallest absolute Gasteiger partial charge is 0.266 e. The molecule has 0 N–H and O–H groups in total. The highest BCUT2D eigenvalue weighted by Crippen LogP contribution is 2.27. The minimum atomic E-state index is 0.0131. The molecule has 0 unspecified atom stereocenters. The Hall–Kier alpha value is -2.41. The fourth-order valence-corrected chi connectivity index (χ4v) is 4.91. The first-order chi connectivity index (χ1) is 14.0. The van der Waals surface area contributed by atoms with E-state index in [0.717, 1.165) is 53.5 Å². The molecule has 1 aromatic carbocycles. The highest BCUT2D eigenvalue weighted by molar-refractivity contribution is 7.13. The van der Waals surface area contributed by atoms with Gasteiger partial charge in [-0.3, -0.25) is 9.59 Å². The summed E-state index contributed by atoms with van der Waals surface area (Å²) in [4.78, 5) is 34.3. The summed E-state index contributed by atoms with van der Waals surface area (Å²) in [6.07, 6.45) is 3.47. The minimum Gasteiger partial charge on any atom is -0.491 e. The van der Waals surface area contributed by atoms with E-state index in [1.807, 2.05) is 35.8 Å². The Morgan fingerprint density at radius 1 is 1.14 bits per heavy atom.